The summed E-state index contributed by atoms with van der Waals surface area (Å²) in [6, 6.07) is 15.1. The van der Waals surface area contributed by atoms with Crippen molar-refractivity contribution in [2.45, 2.75) is 31.2 Å². The van der Waals surface area contributed by atoms with E-state index in [9.17, 15) is 22.0 Å². The number of guanidine groups is 1. The number of rotatable bonds is 5. The fourth-order valence-corrected chi connectivity index (χ4v) is 5.01. The van der Waals surface area contributed by atoms with E-state index in [1.807, 2.05) is 0 Å². The zero-order valence-corrected chi connectivity index (χ0v) is 19.2. The number of fused-ring (bicyclic) bond motifs is 1. The Bertz CT molecular complexity index is 1410. The van der Waals surface area contributed by atoms with Crippen LogP contribution in [0.15, 0.2) is 70.6 Å². The number of amides is 1. The number of carbonyl (C=O) groups excluding carboxylic acids is 1. The van der Waals surface area contributed by atoms with Crippen molar-refractivity contribution in [2.75, 3.05) is 10.6 Å². The van der Waals surface area contributed by atoms with Crippen molar-refractivity contribution in [2.24, 2.45) is 4.99 Å². The molecule has 3 aromatic rings. The third-order valence-corrected chi connectivity index (χ3v) is 6.77. The molecule has 1 atom stereocenters. The van der Waals surface area contributed by atoms with Crippen LogP contribution in [-0.4, -0.2) is 20.3 Å². The van der Waals surface area contributed by atoms with Crippen LogP contribution >= 0.6 is 0 Å². The van der Waals surface area contributed by atoms with Crippen molar-refractivity contribution in [1.82, 2.24) is 4.72 Å². The van der Waals surface area contributed by atoms with Gasteiger partial charge in [0.25, 0.3) is 10.0 Å². The van der Waals surface area contributed by atoms with E-state index in [-0.39, 0.29) is 40.1 Å². The van der Waals surface area contributed by atoms with E-state index in [1.165, 1.54) is 25.1 Å². The van der Waals surface area contributed by atoms with Crippen LogP contribution in [0.2, 0.25) is 0 Å². The van der Waals surface area contributed by atoms with Gasteiger partial charge in [0.15, 0.2) is 0 Å². The van der Waals surface area contributed by atoms with E-state index in [0.29, 0.717) is 11.3 Å². The van der Waals surface area contributed by atoms with Gasteiger partial charge in [0.2, 0.25) is 11.9 Å². The van der Waals surface area contributed by atoms with Gasteiger partial charge in [0, 0.05) is 24.1 Å². The molecule has 176 valence electrons. The quantitative estimate of drug-likeness (QED) is 0.502. The number of hydrogen-bond donors (Lipinski definition) is 3. The fourth-order valence-electron chi connectivity index (χ4n) is 3.85. The standard InChI is InChI=1S/C24H22F2N4O3S/c1-14(18-8-3-4-9-19(18)25)22-20(26)10-11-21-23(22)29-24(30-34(21,32)33)27-13-16-6-5-7-17(12-16)28-15(2)31/h3-12,14H,13H2,1-2H3,(H,28,31)(H2,27,29,30). The van der Waals surface area contributed by atoms with Crippen LogP contribution in [0.1, 0.15) is 36.5 Å². The summed E-state index contributed by atoms with van der Waals surface area (Å²) in [6.45, 7) is 3.09. The second-order valence-corrected chi connectivity index (χ2v) is 9.51. The van der Waals surface area contributed by atoms with Gasteiger partial charge in [-0.25, -0.2) is 26.9 Å². The van der Waals surface area contributed by atoms with Crippen molar-refractivity contribution in [3.8, 4) is 0 Å². The van der Waals surface area contributed by atoms with Gasteiger partial charge < -0.3 is 10.6 Å². The number of aliphatic imine (C=N–C) groups is 1. The number of nitrogens with one attached hydrogen (secondary N) is 3. The van der Waals surface area contributed by atoms with Crippen LogP contribution in [0.4, 0.5) is 20.2 Å². The molecule has 0 aliphatic carbocycles. The number of carbonyl (C=O) groups is 1. The van der Waals surface area contributed by atoms with Gasteiger partial charge in [0.05, 0.1) is 12.2 Å². The molecule has 3 N–H and O–H groups in total. The topological polar surface area (TPSA) is 99.7 Å². The number of sulfonamides is 1. The van der Waals surface area contributed by atoms with Crippen LogP contribution in [0, 0.1) is 11.6 Å². The van der Waals surface area contributed by atoms with Gasteiger partial charge >= 0.3 is 0 Å². The van der Waals surface area contributed by atoms with Crippen molar-refractivity contribution in [3.63, 3.8) is 0 Å². The monoisotopic (exact) mass is 484 g/mol. The maximum atomic E-state index is 15.0. The maximum absolute atomic E-state index is 15.0. The van der Waals surface area contributed by atoms with E-state index in [0.717, 1.165) is 12.1 Å². The highest BCUT2D eigenvalue weighted by Crippen LogP contribution is 2.38. The summed E-state index contributed by atoms with van der Waals surface area (Å²) in [5.41, 5.74) is 1.56. The Morgan fingerprint density at radius 3 is 2.56 bits per heavy atom. The predicted octanol–water partition coefficient (Wildman–Crippen LogP) is 4.34. The van der Waals surface area contributed by atoms with Crippen molar-refractivity contribution >= 4 is 33.3 Å². The molecule has 0 fully saturated rings. The minimum absolute atomic E-state index is 0.0141. The average Bonchev–Trinajstić information content (AvgIpc) is 2.77. The van der Waals surface area contributed by atoms with Crippen LogP contribution in [0.25, 0.3) is 0 Å². The molecule has 1 unspecified atom stereocenters. The predicted molar refractivity (Wildman–Crippen MR) is 126 cm³/mol. The van der Waals surface area contributed by atoms with Crippen molar-refractivity contribution in [3.05, 3.63) is 89.0 Å². The summed E-state index contributed by atoms with van der Waals surface area (Å²) in [5, 5.41) is 5.55. The van der Waals surface area contributed by atoms with Gasteiger partial charge in [-0.1, -0.05) is 37.3 Å². The van der Waals surface area contributed by atoms with Crippen LogP contribution in [-0.2, 0) is 21.4 Å². The number of hydrogen-bond acceptors (Lipinski definition) is 4. The molecule has 3 aromatic carbocycles. The molecule has 1 aliphatic rings. The number of halogens is 2. The summed E-state index contributed by atoms with van der Waals surface area (Å²) >= 11 is 0. The van der Waals surface area contributed by atoms with E-state index in [1.54, 1.807) is 37.3 Å². The molecule has 0 bridgehead atoms. The first kappa shape index (κ1) is 23.4. The molecule has 10 heteroatoms. The molecule has 0 radical (unpaired) electrons. The first-order valence-corrected chi connectivity index (χ1v) is 11.9. The van der Waals surface area contributed by atoms with E-state index in [4.69, 9.17) is 0 Å². The summed E-state index contributed by atoms with van der Waals surface area (Å²) in [7, 11) is -4.05. The number of benzene rings is 3. The van der Waals surface area contributed by atoms with Crippen LogP contribution in [0.5, 0.6) is 0 Å². The maximum Gasteiger partial charge on any atom is 0.266 e. The lowest BCUT2D eigenvalue weighted by molar-refractivity contribution is -0.114. The Morgan fingerprint density at radius 1 is 1.06 bits per heavy atom. The Labute approximate surface area is 196 Å². The largest absolute Gasteiger partial charge is 0.326 e. The van der Waals surface area contributed by atoms with Gasteiger partial charge in [-0.2, -0.15) is 0 Å². The van der Waals surface area contributed by atoms with Crippen molar-refractivity contribution < 1.29 is 22.0 Å². The highest BCUT2D eigenvalue weighted by Gasteiger charge is 2.32. The summed E-state index contributed by atoms with van der Waals surface area (Å²) in [4.78, 5) is 15.4. The molecule has 7 nitrogen and oxygen atoms in total. The molecule has 0 saturated heterocycles. The second kappa shape index (κ2) is 9.22. The smallest absolute Gasteiger partial charge is 0.266 e. The minimum Gasteiger partial charge on any atom is -0.326 e. The molecule has 1 amide bonds. The SMILES string of the molecule is CC(=O)Nc1cccc(CN=C2Nc3c(ccc(F)c3C(C)c3ccccc3F)S(=O)(=O)N2)c1. The van der Waals surface area contributed by atoms with E-state index < -0.39 is 27.6 Å². The van der Waals surface area contributed by atoms with E-state index in [2.05, 4.69) is 20.3 Å². The Morgan fingerprint density at radius 2 is 1.82 bits per heavy atom. The van der Waals surface area contributed by atoms with Gasteiger partial charge in [-0.05, 0) is 41.5 Å². The summed E-state index contributed by atoms with van der Waals surface area (Å²) < 4.78 is 57.5. The Kier molecular flexibility index (Phi) is 6.34. The minimum atomic E-state index is -4.05. The molecule has 0 aromatic heterocycles. The first-order valence-electron chi connectivity index (χ1n) is 10.4. The lowest BCUT2D eigenvalue weighted by Crippen LogP contribution is -2.41. The second-order valence-electron chi connectivity index (χ2n) is 7.85. The number of anilines is 2. The molecular weight excluding hydrogens is 462 g/mol. The summed E-state index contributed by atoms with van der Waals surface area (Å²) in [6.07, 6.45) is 0. The van der Waals surface area contributed by atoms with Gasteiger partial charge in [-0.3, -0.25) is 4.79 Å². The molecule has 0 saturated carbocycles. The zero-order valence-electron chi connectivity index (χ0n) is 18.4. The molecule has 0 spiro atoms. The Balaban J connectivity index is 1.71. The highest BCUT2D eigenvalue weighted by molar-refractivity contribution is 7.90. The van der Waals surface area contributed by atoms with Crippen LogP contribution in [0.3, 0.4) is 0 Å². The molecule has 1 aliphatic heterocycles. The third-order valence-electron chi connectivity index (χ3n) is 5.39. The highest BCUT2D eigenvalue weighted by atomic mass is 32.2. The number of nitrogens with zero attached hydrogens (tertiary/aromatic N) is 1. The fraction of sp³-hybridized carbons (Fsp3) is 0.167. The molecular formula is C24H22F2N4O3S. The molecule has 4 rings (SSSR count). The Hall–Kier alpha value is -3.79. The van der Waals surface area contributed by atoms with Gasteiger partial charge in [0.1, 0.15) is 16.5 Å². The average molecular weight is 485 g/mol. The molecule has 34 heavy (non-hydrogen) atoms. The third kappa shape index (κ3) is 4.76. The summed E-state index contributed by atoms with van der Waals surface area (Å²) in [5.74, 6) is -2.27. The first-order chi connectivity index (χ1) is 16.2. The molecule has 1 heterocycles. The lowest BCUT2D eigenvalue weighted by atomic mass is 9.91. The zero-order chi connectivity index (χ0) is 24.5. The van der Waals surface area contributed by atoms with Crippen molar-refractivity contribution in [1.29, 1.82) is 0 Å². The van der Waals surface area contributed by atoms with Gasteiger partial charge in [-0.15, -0.1) is 0 Å². The lowest BCUT2D eigenvalue weighted by Gasteiger charge is -2.26. The van der Waals surface area contributed by atoms with E-state index >= 15 is 0 Å². The van der Waals surface area contributed by atoms with Crippen LogP contribution < -0.4 is 15.4 Å². The normalized spacial score (nSPS) is 16.2.